The zero-order valence-electron chi connectivity index (χ0n) is 11.6. The molecule has 2 aliphatic rings. The van der Waals surface area contributed by atoms with Gasteiger partial charge in [-0.2, -0.15) is 11.8 Å². The van der Waals surface area contributed by atoms with Crippen molar-refractivity contribution in [3.8, 4) is 0 Å². The first-order valence-electron chi connectivity index (χ1n) is 7.31. The highest BCUT2D eigenvalue weighted by atomic mass is 32.2. The van der Waals surface area contributed by atoms with Gasteiger partial charge >= 0.3 is 0 Å². The molecule has 2 rings (SSSR count). The van der Waals surface area contributed by atoms with Gasteiger partial charge in [-0.3, -0.25) is 4.79 Å². The molecular weight excluding hydrogens is 244 g/mol. The van der Waals surface area contributed by atoms with Crippen LogP contribution in [0.15, 0.2) is 0 Å². The Morgan fingerprint density at radius 2 is 2.28 bits per heavy atom. The summed E-state index contributed by atoms with van der Waals surface area (Å²) in [5.74, 6) is 3.94. The number of thioether (sulfide) groups is 1. The summed E-state index contributed by atoms with van der Waals surface area (Å²) in [5, 5.41) is 6.68. The fourth-order valence-electron chi connectivity index (χ4n) is 3.27. The van der Waals surface area contributed by atoms with Crippen LogP contribution in [-0.4, -0.2) is 36.0 Å². The molecular formula is C14H26N2OS. The Balaban J connectivity index is 1.74. The van der Waals surface area contributed by atoms with E-state index in [-0.39, 0.29) is 5.91 Å². The summed E-state index contributed by atoms with van der Waals surface area (Å²) in [7, 11) is 0. The Hall–Kier alpha value is -0.220. The van der Waals surface area contributed by atoms with Gasteiger partial charge in [-0.1, -0.05) is 20.3 Å². The van der Waals surface area contributed by atoms with Gasteiger partial charge in [-0.15, -0.1) is 0 Å². The number of carbonyl (C=O) groups excluding carboxylic acids is 1. The maximum absolute atomic E-state index is 12.0. The molecule has 1 heterocycles. The Kier molecular flexibility index (Phi) is 5.37. The van der Waals surface area contributed by atoms with Crippen molar-refractivity contribution in [1.29, 1.82) is 0 Å². The molecule has 0 spiro atoms. The molecule has 1 amide bonds. The number of amides is 1. The fourth-order valence-corrected chi connectivity index (χ4v) is 4.22. The molecule has 0 aromatic carbocycles. The molecule has 18 heavy (non-hydrogen) atoms. The molecule has 2 fully saturated rings. The van der Waals surface area contributed by atoms with Gasteiger partial charge in [0.2, 0.25) is 5.91 Å². The predicted molar refractivity (Wildman–Crippen MR) is 77.8 cm³/mol. The lowest BCUT2D eigenvalue weighted by Gasteiger charge is -2.25. The van der Waals surface area contributed by atoms with Crippen molar-refractivity contribution in [3.63, 3.8) is 0 Å². The zero-order valence-corrected chi connectivity index (χ0v) is 12.4. The molecule has 4 unspecified atom stereocenters. The van der Waals surface area contributed by atoms with Gasteiger partial charge in [0.05, 0.1) is 0 Å². The molecule has 1 saturated carbocycles. The van der Waals surface area contributed by atoms with E-state index in [1.54, 1.807) is 0 Å². The molecule has 0 radical (unpaired) electrons. The van der Waals surface area contributed by atoms with Crippen molar-refractivity contribution in [2.75, 3.05) is 18.1 Å². The minimum atomic E-state index is 0.239. The zero-order chi connectivity index (χ0) is 13.0. The number of carbonyl (C=O) groups is 1. The molecule has 0 bridgehead atoms. The first kappa shape index (κ1) is 14.2. The Bertz CT molecular complexity index is 279. The summed E-state index contributed by atoms with van der Waals surface area (Å²) in [6.07, 6.45) is 4.33. The predicted octanol–water partition coefficient (Wildman–Crippen LogP) is 2.02. The smallest absolute Gasteiger partial charge is 0.221 e. The topological polar surface area (TPSA) is 41.1 Å². The van der Waals surface area contributed by atoms with E-state index in [4.69, 9.17) is 0 Å². The highest BCUT2D eigenvalue weighted by Gasteiger charge is 2.32. The monoisotopic (exact) mass is 270 g/mol. The van der Waals surface area contributed by atoms with E-state index in [1.807, 2.05) is 11.8 Å². The van der Waals surface area contributed by atoms with Crippen molar-refractivity contribution in [3.05, 3.63) is 0 Å². The molecule has 2 N–H and O–H groups in total. The van der Waals surface area contributed by atoms with Gasteiger partial charge in [0.25, 0.3) is 0 Å². The summed E-state index contributed by atoms with van der Waals surface area (Å²) < 4.78 is 0. The molecule has 1 saturated heterocycles. The average molecular weight is 270 g/mol. The molecule has 1 aliphatic carbocycles. The van der Waals surface area contributed by atoms with E-state index in [1.165, 1.54) is 18.6 Å². The number of hydrogen-bond donors (Lipinski definition) is 2. The van der Waals surface area contributed by atoms with Crippen LogP contribution in [0.5, 0.6) is 0 Å². The highest BCUT2D eigenvalue weighted by Crippen LogP contribution is 2.33. The van der Waals surface area contributed by atoms with Gasteiger partial charge in [0, 0.05) is 36.6 Å². The number of rotatable bonds is 4. The van der Waals surface area contributed by atoms with Gasteiger partial charge in [-0.25, -0.2) is 0 Å². The minimum Gasteiger partial charge on any atom is -0.353 e. The van der Waals surface area contributed by atoms with Crippen LogP contribution in [0.1, 0.15) is 39.5 Å². The Morgan fingerprint density at radius 1 is 1.44 bits per heavy atom. The molecule has 0 aromatic rings. The van der Waals surface area contributed by atoms with Gasteiger partial charge in [-0.05, 0) is 24.7 Å². The van der Waals surface area contributed by atoms with Crippen molar-refractivity contribution < 1.29 is 4.79 Å². The van der Waals surface area contributed by atoms with E-state index in [2.05, 4.69) is 24.5 Å². The van der Waals surface area contributed by atoms with Crippen LogP contribution in [0.2, 0.25) is 0 Å². The van der Waals surface area contributed by atoms with Crippen LogP contribution in [-0.2, 0) is 4.79 Å². The van der Waals surface area contributed by atoms with Crippen molar-refractivity contribution >= 4 is 17.7 Å². The lowest BCUT2D eigenvalue weighted by atomic mass is 9.93. The summed E-state index contributed by atoms with van der Waals surface area (Å²) in [5.41, 5.74) is 0. The van der Waals surface area contributed by atoms with E-state index in [0.29, 0.717) is 24.4 Å². The third-order valence-electron chi connectivity index (χ3n) is 4.53. The van der Waals surface area contributed by atoms with Crippen LogP contribution in [0.25, 0.3) is 0 Å². The van der Waals surface area contributed by atoms with E-state index in [0.717, 1.165) is 24.6 Å². The van der Waals surface area contributed by atoms with Gasteiger partial charge in [0.15, 0.2) is 0 Å². The summed E-state index contributed by atoms with van der Waals surface area (Å²) >= 11 is 1.95. The van der Waals surface area contributed by atoms with E-state index < -0.39 is 0 Å². The van der Waals surface area contributed by atoms with Crippen LogP contribution in [0, 0.1) is 11.8 Å². The normalized spacial score (nSPS) is 36.6. The van der Waals surface area contributed by atoms with Crippen molar-refractivity contribution in [1.82, 2.24) is 10.6 Å². The van der Waals surface area contributed by atoms with E-state index >= 15 is 0 Å². The van der Waals surface area contributed by atoms with Crippen LogP contribution >= 0.6 is 11.8 Å². The second-order valence-corrected chi connectivity index (χ2v) is 6.86. The van der Waals surface area contributed by atoms with Crippen molar-refractivity contribution in [2.24, 2.45) is 11.8 Å². The molecule has 4 atom stereocenters. The fraction of sp³-hybridized carbons (Fsp3) is 0.929. The van der Waals surface area contributed by atoms with E-state index in [9.17, 15) is 4.79 Å². The maximum atomic E-state index is 12.0. The maximum Gasteiger partial charge on any atom is 0.221 e. The molecule has 4 heteroatoms. The first-order chi connectivity index (χ1) is 8.70. The second-order valence-electron chi connectivity index (χ2n) is 5.71. The molecule has 3 nitrogen and oxygen atoms in total. The molecule has 104 valence electrons. The first-order valence-corrected chi connectivity index (χ1v) is 8.46. The summed E-state index contributed by atoms with van der Waals surface area (Å²) in [6.45, 7) is 5.59. The molecule has 0 aromatic heterocycles. The van der Waals surface area contributed by atoms with Crippen LogP contribution in [0.3, 0.4) is 0 Å². The van der Waals surface area contributed by atoms with Gasteiger partial charge < -0.3 is 10.6 Å². The van der Waals surface area contributed by atoms with Crippen LogP contribution < -0.4 is 10.6 Å². The van der Waals surface area contributed by atoms with Gasteiger partial charge in [0.1, 0.15) is 0 Å². The highest BCUT2D eigenvalue weighted by molar-refractivity contribution is 7.99. The second kappa shape index (κ2) is 6.80. The third kappa shape index (κ3) is 3.64. The minimum absolute atomic E-state index is 0.239. The lowest BCUT2D eigenvalue weighted by Crippen LogP contribution is -2.44. The van der Waals surface area contributed by atoms with Crippen molar-refractivity contribution in [2.45, 2.75) is 51.6 Å². The number of nitrogens with one attached hydrogen (secondary N) is 2. The molecule has 1 aliphatic heterocycles. The van der Waals surface area contributed by atoms with Crippen LogP contribution in [0.4, 0.5) is 0 Å². The SMILES string of the molecule is CCC1CCC(NC(=O)CC2CSCCN2)C1C. The Labute approximate surface area is 115 Å². The lowest BCUT2D eigenvalue weighted by molar-refractivity contribution is -0.122. The quantitative estimate of drug-likeness (QED) is 0.821. The summed E-state index contributed by atoms with van der Waals surface area (Å²) in [4.78, 5) is 12.0. The standard InChI is InChI=1S/C14H26N2OS/c1-3-11-4-5-13(10(11)2)16-14(17)8-12-9-18-7-6-15-12/h10-13,15H,3-9H2,1-2H3,(H,16,17). The third-order valence-corrected chi connectivity index (χ3v) is 5.66. The summed E-state index contributed by atoms with van der Waals surface area (Å²) in [6, 6.07) is 0.793. The Morgan fingerprint density at radius 3 is 2.89 bits per heavy atom. The largest absolute Gasteiger partial charge is 0.353 e. The number of hydrogen-bond acceptors (Lipinski definition) is 3. The average Bonchev–Trinajstić information content (AvgIpc) is 2.71.